The number of rotatable bonds is 5. The predicted molar refractivity (Wildman–Crippen MR) is 92.5 cm³/mol. The minimum atomic E-state index is -0.362. The first-order valence-electron chi connectivity index (χ1n) is 7.67. The van der Waals surface area contributed by atoms with Gasteiger partial charge in [0.15, 0.2) is 17.4 Å². The summed E-state index contributed by atoms with van der Waals surface area (Å²) in [6.45, 7) is 4.31. The monoisotopic (exact) mass is 322 g/mol. The Bertz CT molecular complexity index is 794. The van der Waals surface area contributed by atoms with Gasteiger partial charge in [0.1, 0.15) is 0 Å². The number of hydrogen-bond donors (Lipinski definition) is 2. The van der Waals surface area contributed by atoms with Crippen molar-refractivity contribution in [1.82, 2.24) is 10.2 Å². The maximum Gasteiger partial charge on any atom is 0.292 e. The number of benzene rings is 1. The zero-order valence-electron chi connectivity index (χ0n) is 13.5. The van der Waals surface area contributed by atoms with Gasteiger partial charge in [0.25, 0.3) is 5.91 Å². The molecule has 0 atom stereocenters. The highest BCUT2D eigenvalue weighted by Gasteiger charge is 2.09. The molecule has 1 aromatic carbocycles. The van der Waals surface area contributed by atoms with E-state index in [0.29, 0.717) is 17.6 Å². The molecular formula is C18H18N4O2. The summed E-state index contributed by atoms with van der Waals surface area (Å²) < 4.78 is 5.02. The number of hydrogen-bond acceptors (Lipinski definition) is 5. The third kappa shape index (κ3) is 3.78. The normalized spacial score (nSPS) is 10.6. The van der Waals surface area contributed by atoms with Crippen molar-refractivity contribution in [3.8, 4) is 0 Å². The Morgan fingerprint density at radius 2 is 1.71 bits per heavy atom. The number of amides is 1. The topological polar surface area (TPSA) is 80.0 Å². The number of furan rings is 1. The van der Waals surface area contributed by atoms with Crippen LogP contribution in [0.2, 0.25) is 0 Å². The van der Waals surface area contributed by atoms with E-state index in [0.717, 1.165) is 5.69 Å². The van der Waals surface area contributed by atoms with Crippen LogP contribution in [0.25, 0.3) is 0 Å². The van der Waals surface area contributed by atoms with Crippen LogP contribution < -0.4 is 10.6 Å². The van der Waals surface area contributed by atoms with E-state index in [1.54, 1.807) is 24.3 Å². The van der Waals surface area contributed by atoms with Crippen molar-refractivity contribution in [2.45, 2.75) is 19.8 Å². The molecular weight excluding hydrogens is 304 g/mol. The van der Waals surface area contributed by atoms with E-state index < -0.39 is 0 Å². The highest BCUT2D eigenvalue weighted by molar-refractivity contribution is 6.01. The first kappa shape index (κ1) is 15.7. The third-order valence-electron chi connectivity index (χ3n) is 3.50. The Labute approximate surface area is 139 Å². The molecule has 0 spiro atoms. The summed E-state index contributed by atoms with van der Waals surface area (Å²) in [6, 6.07) is 14.8. The highest BCUT2D eigenvalue weighted by atomic mass is 16.3. The van der Waals surface area contributed by atoms with Crippen molar-refractivity contribution in [3.63, 3.8) is 0 Å². The van der Waals surface area contributed by atoms with Crippen molar-refractivity contribution in [2.75, 3.05) is 10.6 Å². The molecule has 0 radical (unpaired) electrons. The Morgan fingerprint density at radius 3 is 2.29 bits per heavy atom. The second-order valence-electron chi connectivity index (χ2n) is 5.64. The molecule has 0 saturated heterocycles. The molecule has 3 rings (SSSR count). The van der Waals surface area contributed by atoms with Gasteiger partial charge in [0.2, 0.25) is 0 Å². The van der Waals surface area contributed by atoms with E-state index in [2.05, 4.69) is 46.8 Å². The molecule has 0 bridgehead atoms. The molecule has 2 heterocycles. The first-order chi connectivity index (χ1) is 11.6. The molecule has 2 aromatic heterocycles. The lowest BCUT2D eigenvalue weighted by Crippen LogP contribution is -2.12. The molecule has 0 saturated carbocycles. The van der Waals surface area contributed by atoms with Gasteiger partial charge in [0, 0.05) is 5.69 Å². The molecule has 2 N–H and O–H groups in total. The molecule has 0 unspecified atom stereocenters. The Kier molecular flexibility index (Phi) is 4.56. The molecule has 6 nitrogen and oxygen atoms in total. The van der Waals surface area contributed by atoms with Crippen molar-refractivity contribution in [1.29, 1.82) is 0 Å². The fraction of sp³-hybridized carbons (Fsp3) is 0.167. The van der Waals surface area contributed by atoms with Gasteiger partial charge in [0.05, 0.1) is 6.26 Å². The number of carbonyl (C=O) groups is 1. The molecule has 0 fully saturated rings. The molecule has 3 aromatic rings. The zero-order chi connectivity index (χ0) is 16.9. The standard InChI is InChI=1S/C18H18N4O2/c1-12(2)13-5-7-14(8-6-13)19-16-9-10-17(22-21-16)20-18(23)15-4-3-11-24-15/h3-12H,1-2H3,(H,19,21)(H,20,22,23). The minimum absolute atomic E-state index is 0.226. The van der Waals surface area contributed by atoms with Gasteiger partial charge in [-0.05, 0) is 47.9 Å². The number of carbonyl (C=O) groups excluding carboxylic acids is 1. The molecule has 0 aliphatic carbocycles. The van der Waals surface area contributed by atoms with Crippen molar-refractivity contribution in [3.05, 3.63) is 66.1 Å². The predicted octanol–water partition coefficient (Wildman–Crippen LogP) is 4.19. The minimum Gasteiger partial charge on any atom is -0.459 e. The van der Waals surface area contributed by atoms with Gasteiger partial charge < -0.3 is 15.1 Å². The van der Waals surface area contributed by atoms with Gasteiger partial charge >= 0.3 is 0 Å². The largest absolute Gasteiger partial charge is 0.459 e. The number of aromatic nitrogens is 2. The summed E-state index contributed by atoms with van der Waals surface area (Å²) >= 11 is 0. The van der Waals surface area contributed by atoms with Crippen LogP contribution in [0.15, 0.2) is 59.2 Å². The average molecular weight is 322 g/mol. The summed E-state index contributed by atoms with van der Waals surface area (Å²) in [5.74, 6) is 1.32. The maximum absolute atomic E-state index is 11.8. The lowest BCUT2D eigenvalue weighted by molar-refractivity contribution is 0.0996. The van der Waals surface area contributed by atoms with Crippen LogP contribution in [0.4, 0.5) is 17.3 Å². The van der Waals surface area contributed by atoms with E-state index in [4.69, 9.17) is 4.42 Å². The van der Waals surface area contributed by atoms with Gasteiger partial charge in [-0.25, -0.2) is 0 Å². The van der Waals surface area contributed by atoms with E-state index in [-0.39, 0.29) is 11.7 Å². The van der Waals surface area contributed by atoms with Crippen LogP contribution in [0.1, 0.15) is 35.9 Å². The number of nitrogens with zero attached hydrogens (tertiary/aromatic N) is 2. The summed E-state index contributed by atoms with van der Waals surface area (Å²) in [5, 5.41) is 13.8. The molecule has 1 amide bonds. The second-order valence-corrected chi connectivity index (χ2v) is 5.64. The van der Waals surface area contributed by atoms with Crippen LogP contribution in [0.3, 0.4) is 0 Å². The summed E-state index contributed by atoms with van der Waals surface area (Å²) in [4.78, 5) is 11.8. The van der Waals surface area contributed by atoms with Crippen molar-refractivity contribution in [2.24, 2.45) is 0 Å². The third-order valence-corrected chi connectivity index (χ3v) is 3.50. The van der Waals surface area contributed by atoms with E-state index in [1.807, 2.05) is 12.1 Å². The lowest BCUT2D eigenvalue weighted by atomic mass is 10.0. The molecule has 24 heavy (non-hydrogen) atoms. The quantitative estimate of drug-likeness (QED) is 0.736. The maximum atomic E-state index is 11.8. The van der Waals surface area contributed by atoms with Crippen LogP contribution in [-0.4, -0.2) is 16.1 Å². The van der Waals surface area contributed by atoms with E-state index in [1.165, 1.54) is 11.8 Å². The fourth-order valence-corrected chi connectivity index (χ4v) is 2.15. The average Bonchev–Trinajstić information content (AvgIpc) is 3.12. The van der Waals surface area contributed by atoms with Gasteiger partial charge in [-0.3, -0.25) is 4.79 Å². The summed E-state index contributed by atoms with van der Waals surface area (Å²) in [6.07, 6.45) is 1.44. The highest BCUT2D eigenvalue weighted by Crippen LogP contribution is 2.19. The van der Waals surface area contributed by atoms with Gasteiger partial charge in [-0.15, -0.1) is 10.2 Å². The smallest absolute Gasteiger partial charge is 0.292 e. The summed E-state index contributed by atoms with van der Waals surface area (Å²) in [5.41, 5.74) is 2.21. The zero-order valence-corrected chi connectivity index (χ0v) is 13.5. The molecule has 6 heteroatoms. The number of nitrogens with one attached hydrogen (secondary N) is 2. The van der Waals surface area contributed by atoms with Crippen molar-refractivity contribution >= 4 is 23.2 Å². The van der Waals surface area contributed by atoms with E-state index in [9.17, 15) is 4.79 Å². The van der Waals surface area contributed by atoms with Gasteiger partial charge in [-0.1, -0.05) is 26.0 Å². The second kappa shape index (κ2) is 6.95. The summed E-state index contributed by atoms with van der Waals surface area (Å²) in [7, 11) is 0. The van der Waals surface area contributed by atoms with Crippen molar-refractivity contribution < 1.29 is 9.21 Å². The Hall–Kier alpha value is -3.15. The molecule has 122 valence electrons. The Balaban J connectivity index is 1.63. The Morgan fingerprint density at radius 1 is 1.00 bits per heavy atom. The van der Waals surface area contributed by atoms with E-state index >= 15 is 0 Å². The number of anilines is 3. The first-order valence-corrected chi connectivity index (χ1v) is 7.67. The van der Waals surface area contributed by atoms with Gasteiger partial charge in [-0.2, -0.15) is 0 Å². The molecule has 0 aliphatic heterocycles. The molecule has 0 aliphatic rings. The van der Waals surface area contributed by atoms with Crippen LogP contribution in [0, 0.1) is 0 Å². The SMILES string of the molecule is CC(C)c1ccc(Nc2ccc(NC(=O)c3ccco3)nn2)cc1. The van der Waals surface area contributed by atoms with Crippen LogP contribution in [0.5, 0.6) is 0 Å². The van der Waals surface area contributed by atoms with Crippen LogP contribution >= 0.6 is 0 Å². The van der Waals surface area contributed by atoms with Crippen LogP contribution in [-0.2, 0) is 0 Å². The fourth-order valence-electron chi connectivity index (χ4n) is 2.15. The lowest BCUT2D eigenvalue weighted by Gasteiger charge is -2.09.